The molecule has 0 saturated carbocycles. The lowest BCUT2D eigenvalue weighted by molar-refractivity contribution is 0.0649. The number of hydrogen-bond acceptors (Lipinski definition) is 3. The molecule has 27 heavy (non-hydrogen) atoms. The number of rotatable bonds is 3. The molecule has 1 atom stereocenters. The highest BCUT2D eigenvalue weighted by Crippen LogP contribution is 2.40. The third kappa shape index (κ3) is 3.81. The first-order chi connectivity index (χ1) is 12.9. The minimum atomic E-state index is 0.0632. The van der Waals surface area contributed by atoms with E-state index in [-0.39, 0.29) is 11.3 Å². The average Bonchev–Trinajstić information content (AvgIpc) is 3.17. The van der Waals surface area contributed by atoms with E-state index in [1.165, 1.54) is 24.0 Å². The summed E-state index contributed by atoms with van der Waals surface area (Å²) in [5.74, 6) is 1.40. The smallest absolute Gasteiger partial charge is 0.289 e. The highest BCUT2D eigenvalue weighted by atomic mass is 16.4. The Morgan fingerprint density at radius 1 is 1.11 bits per heavy atom. The molecule has 3 heterocycles. The molecule has 4 rings (SSSR count). The van der Waals surface area contributed by atoms with Gasteiger partial charge in [-0.05, 0) is 58.2 Å². The Hall–Kier alpha value is -2.07. The Balaban J connectivity index is 1.43. The van der Waals surface area contributed by atoms with Crippen LogP contribution in [0.25, 0.3) is 0 Å². The quantitative estimate of drug-likeness (QED) is 0.811. The highest BCUT2D eigenvalue weighted by Gasteiger charge is 2.43. The molecule has 144 valence electrons. The largest absolute Gasteiger partial charge is 0.456 e. The lowest BCUT2D eigenvalue weighted by Crippen LogP contribution is -2.45. The predicted molar refractivity (Wildman–Crippen MR) is 107 cm³/mol. The summed E-state index contributed by atoms with van der Waals surface area (Å²) in [7, 11) is 0. The normalized spacial score (nSPS) is 23.3. The summed E-state index contributed by atoms with van der Waals surface area (Å²) >= 11 is 0. The van der Waals surface area contributed by atoms with E-state index >= 15 is 0 Å². The number of aryl methyl sites for hydroxylation is 3. The zero-order valence-corrected chi connectivity index (χ0v) is 16.8. The van der Waals surface area contributed by atoms with Gasteiger partial charge in [0.1, 0.15) is 5.76 Å². The van der Waals surface area contributed by atoms with Gasteiger partial charge in [0.05, 0.1) is 0 Å². The molecule has 0 radical (unpaired) electrons. The van der Waals surface area contributed by atoms with Gasteiger partial charge < -0.3 is 9.32 Å². The Kier molecular flexibility index (Phi) is 4.85. The van der Waals surface area contributed by atoms with Crippen LogP contribution in [0.4, 0.5) is 0 Å². The molecule has 2 aliphatic heterocycles. The van der Waals surface area contributed by atoms with E-state index in [4.69, 9.17) is 4.42 Å². The molecule has 1 aromatic carbocycles. The molecular weight excluding hydrogens is 336 g/mol. The van der Waals surface area contributed by atoms with E-state index < -0.39 is 0 Å². The number of hydrogen-bond donors (Lipinski definition) is 0. The topological polar surface area (TPSA) is 36.7 Å². The number of amides is 1. The Bertz CT molecular complexity index is 841. The second kappa shape index (κ2) is 7.16. The number of piperidine rings is 1. The van der Waals surface area contributed by atoms with Crippen molar-refractivity contribution in [2.75, 3.05) is 26.2 Å². The molecule has 0 N–H and O–H groups in total. The second-order valence-corrected chi connectivity index (χ2v) is 8.65. The van der Waals surface area contributed by atoms with Gasteiger partial charge in [0.25, 0.3) is 5.91 Å². The zero-order valence-electron chi connectivity index (χ0n) is 16.8. The maximum absolute atomic E-state index is 12.9. The molecular formula is C23H30N2O2. The van der Waals surface area contributed by atoms with Crippen molar-refractivity contribution in [2.24, 2.45) is 5.41 Å². The van der Waals surface area contributed by atoms with Crippen molar-refractivity contribution in [3.05, 3.63) is 58.5 Å². The molecule has 2 fully saturated rings. The molecule has 4 nitrogen and oxygen atoms in total. The Morgan fingerprint density at radius 3 is 2.70 bits per heavy atom. The van der Waals surface area contributed by atoms with Crippen molar-refractivity contribution in [3.8, 4) is 0 Å². The maximum Gasteiger partial charge on any atom is 0.289 e. The fraction of sp³-hybridized carbons (Fsp3) is 0.522. The van der Waals surface area contributed by atoms with Crippen LogP contribution in [0, 0.1) is 26.2 Å². The monoisotopic (exact) mass is 366 g/mol. The first kappa shape index (κ1) is 18.3. The van der Waals surface area contributed by atoms with E-state index in [2.05, 4.69) is 36.1 Å². The van der Waals surface area contributed by atoms with Crippen LogP contribution in [0.2, 0.25) is 0 Å². The molecule has 1 amide bonds. The second-order valence-electron chi connectivity index (χ2n) is 8.65. The first-order valence-electron chi connectivity index (χ1n) is 10.1. The number of furan rings is 1. The lowest BCUT2D eigenvalue weighted by atomic mass is 9.79. The molecule has 1 aromatic heterocycles. The van der Waals surface area contributed by atoms with Crippen LogP contribution in [-0.4, -0.2) is 41.9 Å². The van der Waals surface area contributed by atoms with Gasteiger partial charge in [-0.1, -0.05) is 29.8 Å². The molecule has 0 bridgehead atoms. The van der Waals surface area contributed by atoms with Crippen molar-refractivity contribution in [3.63, 3.8) is 0 Å². The van der Waals surface area contributed by atoms with Crippen LogP contribution >= 0.6 is 0 Å². The molecule has 0 aliphatic carbocycles. The minimum Gasteiger partial charge on any atom is -0.456 e. The van der Waals surface area contributed by atoms with E-state index in [1.54, 1.807) is 0 Å². The third-order valence-electron chi connectivity index (χ3n) is 6.19. The van der Waals surface area contributed by atoms with E-state index in [9.17, 15) is 4.79 Å². The molecule has 1 spiro atoms. The Labute approximate surface area is 162 Å². The van der Waals surface area contributed by atoms with Crippen LogP contribution in [0.5, 0.6) is 0 Å². The SMILES string of the molecule is Cc1cccc(CN2CCCC3(CCN(C(=O)c4oc(C)cc4C)C3)C2)c1. The summed E-state index contributed by atoms with van der Waals surface area (Å²) < 4.78 is 5.67. The summed E-state index contributed by atoms with van der Waals surface area (Å²) in [6, 6.07) is 10.8. The minimum absolute atomic E-state index is 0.0632. The molecule has 4 heteroatoms. The van der Waals surface area contributed by atoms with Gasteiger partial charge in [-0.15, -0.1) is 0 Å². The van der Waals surface area contributed by atoms with Gasteiger partial charge >= 0.3 is 0 Å². The van der Waals surface area contributed by atoms with Crippen molar-refractivity contribution < 1.29 is 9.21 Å². The van der Waals surface area contributed by atoms with Gasteiger partial charge in [-0.3, -0.25) is 9.69 Å². The number of carbonyl (C=O) groups excluding carboxylic acids is 1. The van der Waals surface area contributed by atoms with Crippen molar-refractivity contribution in [2.45, 2.75) is 46.6 Å². The molecule has 2 aromatic rings. The van der Waals surface area contributed by atoms with Crippen molar-refractivity contribution in [1.82, 2.24) is 9.80 Å². The summed E-state index contributed by atoms with van der Waals surface area (Å²) in [5.41, 5.74) is 3.90. The van der Waals surface area contributed by atoms with Gasteiger partial charge in [-0.25, -0.2) is 0 Å². The number of carbonyl (C=O) groups is 1. The maximum atomic E-state index is 12.9. The summed E-state index contributed by atoms with van der Waals surface area (Å²) in [5, 5.41) is 0. The number of likely N-dealkylation sites (tertiary alicyclic amines) is 2. The molecule has 2 aliphatic rings. The highest BCUT2D eigenvalue weighted by molar-refractivity contribution is 5.93. The van der Waals surface area contributed by atoms with E-state index in [0.717, 1.165) is 50.5 Å². The van der Waals surface area contributed by atoms with E-state index in [0.29, 0.717) is 5.76 Å². The predicted octanol–water partition coefficient (Wildman–Crippen LogP) is 4.33. The van der Waals surface area contributed by atoms with Gasteiger partial charge in [0.15, 0.2) is 5.76 Å². The van der Waals surface area contributed by atoms with Crippen LogP contribution in [0.15, 0.2) is 34.7 Å². The standard InChI is InChI=1S/C23H30N2O2/c1-17-6-4-7-20(12-17)14-24-10-5-8-23(15-24)9-11-25(16-23)22(26)21-18(2)13-19(3)27-21/h4,6-7,12-13H,5,8-11,14-16H2,1-3H3. The average molecular weight is 367 g/mol. The van der Waals surface area contributed by atoms with Crippen molar-refractivity contribution in [1.29, 1.82) is 0 Å². The summed E-state index contributed by atoms with van der Waals surface area (Å²) in [6.45, 7) is 11.0. The summed E-state index contributed by atoms with van der Waals surface area (Å²) in [6.07, 6.45) is 3.53. The number of benzene rings is 1. The van der Waals surface area contributed by atoms with Crippen LogP contribution in [0.3, 0.4) is 0 Å². The third-order valence-corrected chi connectivity index (χ3v) is 6.19. The summed E-state index contributed by atoms with van der Waals surface area (Å²) in [4.78, 5) is 17.5. The van der Waals surface area contributed by atoms with Crippen LogP contribution < -0.4 is 0 Å². The van der Waals surface area contributed by atoms with Crippen LogP contribution in [-0.2, 0) is 6.54 Å². The first-order valence-corrected chi connectivity index (χ1v) is 10.1. The fourth-order valence-corrected chi connectivity index (χ4v) is 4.95. The lowest BCUT2D eigenvalue weighted by Gasteiger charge is -2.40. The van der Waals surface area contributed by atoms with E-state index in [1.807, 2.05) is 24.8 Å². The fourth-order valence-electron chi connectivity index (χ4n) is 4.95. The van der Waals surface area contributed by atoms with Crippen molar-refractivity contribution >= 4 is 5.91 Å². The molecule has 2 saturated heterocycles. The van der Waals surface area contributed by atoms with Crippen LogP contribution in [0.1, 0.15) is 52.3 Å². The van der Waals surface area contributed by atoms with Gasteiger partial charge in [0, 0.05) is 37.2 Å². The Morgan fingerprint density at radius 2 is 1.96 bits per heavy atom. The number of nitrogens with zero attached hydrogens (tertiary/aromatic N) is 2. The van der Waals surface area contributed by atoms with Gasteiger partial charge in [-0.2, -0.15) is 0 Å². The van der Waals surface area contributed by atoms with Gasteiger partial charge in [0.2, 0.25) is 0 Å². The molecule has 1 unspecified atom stereocenters. The zero-order chi connectivity index (χ0) is 19.0.